The second-order valence-corrected chi connectivity index (χ2v) is 22.6. The topological polar surface area (TPSA) is 58.5 Å². The molecule has 9 heteroatoms. The second-order valence-electron chi connectivity index (χ2n) is 12.8. The summed E-state index contributed by atoms with van der Waals surface area (Å²) in [5.41, 5.74) is -0.967. The van der Waals surface area contributed by atoms with Crippen LogP contribution in [0.25, 0.3) is 0 Å². The van der Waals surface area contributed by atoms with E-state index in [2.05, 4.69) is 84.5 Å². The van der Waals surface area contributed by atoms with Crippen LogP contribution in [-0.4, -0.2) is 64.3 Å². The summed E-state index contributed by atoms with van der Waals surface area (Å²) in [4.78, 5) is 4.59. The van der Waals surface area contributed by atoms with Gasteiger partial charge in [0.2, 0.25) is 0 Å². The molecule has 2 aliphatic heterocycles. The van der Waals surface area contributed by atoms with Gasteiger partial charge in [-0.3, -0.25) is 0 Å². The molecule has 2 fully saturated rings. The standard InChI is InChI=1S/C24H45NO5SSi2/c1-14-24(25-16-31,15-26-32(10,11)21(2,3)4)19-17(30-33(12,13)22(5,6)7)18-20(27-19)29-23(8,9)28-18/h14,17-20H,1,15H2,2-13H3/t17-,18-,19+,20-,24+/m1/s1. The molecule has 33 heavy (non-hydrogen) atoms. The zero-order valence-corrected chi connectivity index (χ0v) is 25.5. The fraction of sp³-hybridized carbons (Fsp3) is 0.875. The summed E-state index contributed by atoms with van der Waals surface area (Å²) < 4.78 is 32.4. The Kier molecular flexibility index (Phi) is 8.21. The number of thiocarbonyl (C=S) groups is 1. The van der Waals surface area contributed by atoms with Gasteiger partial charge in [-0.25, -0.2) is 4.99 Å². The Hall–Kier alpha value is -0.226. The molecule has 0 spiro atoms. The van der Waals surface area contributed by atoms with Crippen LogP contribution in [0.15, 0.2) is 17.6 Å². The lowest BCUT2D eigenvalue weighted by Gasteiger charge is -2.44. The van der Waals surface area contributed by atoms with Crippen molar-refractivity contribution in [3.8, 4) is 0 Å². The molecule has 5 atom stereocenters. The van der Waals surface area contributed by atoms with Crippen LogP contribution in [0.4, 0.5) is 0 Å². The predicted octanol–water partition coefficient (Wildman–Crippen LogP) is 6.30. The van der Waals surface area contributed by atoms with E-state index < -0.39 is 46.5 Å². The van der Waals surface area contributed by atoms with Crippen molar-refractivity contribution >= 4 is 34.0 Å². The molecule has 0 N–H and O–H groups in total. The van der Waals surface area contributed by atoms with Crippen LogP contribution in [0.5, 0.6) is 0 Å². The van der Waals surface area contributed by atoms with Crippen LogP contribution in [0.2, 0.25) is 36.3 Å². The average Bonchev–Trinajstić information content (AvgIpc) is 3.09. The van der Waals surface area contributed by atoms with Crippen LogP contribution in [0.1, 0.15) is 55.4 Å². The van der Waals surface area contributed by atoms with Crippen molar-refractivity contribution in [1.82, 2.24) is 0 Å². The van der Waals surface area contributed by atoms with Gasteiger partial charge in [-0.1, -0.05) is 47.6 Å². The first-order valence-corrected chi connectivity index (χ1v) is 18.0. The van der Waals surface area contributed by atoms with Crippen molar-refractivity contribution in [2.24, 2.45) is 4.99 Å². The lowest BCUT2D eigenvalue weighted by Crippen LogP contribution is -2.57. The summed E-state index contributed by atoms with van der Waals surface area (Å²) in [6.45, 7) is 30.3. The summed E-state index contributed by atoms with van der Waals surface area (Å²) in [7, 11) is -4.27. The summed E-state index contributed by atoms with van der Waals surface area (Å²) in [5, 5.41) is 2.62. The number of fused-ring (bicyclic) bond motifs is 1. The van der Waals surface area contributed by atoms with Gasteiger partial charge in [0.15, 0.2) is 28.7 Å². The monoisotopic (exact) mass is 515 g/mol. The van der Waals surface area contributed by atoms with Crippen molar-refractivity contribution in [1.29, 1.82) is 0 Å². The van der Waals surface area contributed by atoms with E-state index in [0.717, 1.165) is 0 Å². The van der Waals surface area contributed by atoms with Gasteiger partial charge in [-0.15, -0.1) is 6.58 Å². The van der Waals surface area contributed by atoms with Gasteiger partial charge in [-0.2, -0.15) is 0 Å². The van der Waals surface area contributed by atoms with Crippen molar-refractivity contribution < 1.29 is 23.1 Å². The molecule has 0 aromatic rings. The molecule has 0 radical (unpaired) electrons. The minimum absolute atomic E-state index is 0.00645. The maximum Gasteiger partial charge on any atom is 0.192 e. The van der Waals surface area contributed by atoms with E-state index in [1.165, 1.54) is 0 Å². The molecule has 190 valence electrons. The molecule has 2 heterocycles. The van der Waals surface area contributed by atoms with Crippen LogP contribution in [0.3, 0.4) is 0 Å². The maximum absolute atomic E-state index is 6.93. The molecule has 0 aliphatic carbocycles. The largest absolute Gasteiger partial charge is 0.414 e. The highest BCUT2D eigenvalue weighted by Gasteiger charge is 2.62. The van der Waals surface area contributed by atoms with Crippen molar-refractivity contribution in [3.05, 3.63) is 12.7 Å². The van der Waals surface area contributed by atoms with Crippen molar-refractivity contribution in [2.45, 2.75) is 128 Å². The first-order chi connectivity index (χ1) is 14.7. The van der Waals surface area contributed by atoms with Gasteiger partial charge in [0.25, 0.3) is 0 Å². The van der Waals surface area contributed by atoms with E-state index in [-0.39, 0.29) is 22.8 Å². The van der Waals surface area contributed by atoms with E-state index in [9.17, 15) is 0 Å². The lowest BCUT2D eigenvalue weighted by atomic mass is 9.89. The first kappa shape index (κ1) is 29.0. The third kappa shape index (κ3) is 5.96. The molecule has 0 amide bonds. The fourth-order valence-electron chi connectivity index (χ4n) is 3.52. The highest BCUT2D eigenvalue weighted by molar-refractivity contribution is 7.78. The maximum atomic E-state index is 6.93. The van der Waals surface area contributed by atoms with Gasteiger partial charge in [0.05, 0.1) is 11.8 Å². The van der Waals surface area contributed by atoms with Gasteiger partial charge in [0.1, 0.15) is 23.9 Å². The number of hydrogen-bond donors (Lipinski definition) is 0. The predicted molar refractivity (Wildman–Crippen MR) is 142 cm³/mol. The van der Waals surface area contributed by atoms with Gasteiger partial charge in [0, 0.05) is 0 Å². The number of isothiocyanates is 1. The Morgan fingerprint density at radius 1 is 1.03 bits per heavy atom. The number of nitrogens with zero attached hydrogens (tertiary/aromatic N) is 1. The Morgan fingerprint density at radius 2 is 1.58 bits per heavy atom. The second kappa shape index (κ2) is 9.34. The molecule has 0 unspecified atom stereocenters. The highest BCUT2D eigenvalue weighted by Crippen LogP contribution is 2.47. The average molecular weight is 516 g/mol. The Balaban J connectivity index is 2.49. The minimum Gasteiger partial charge on any atom is -0.414 e. The van der Waals surface area contributed by atoms with Crippen molar-refractivity contribution in [3.63, 3.8) is 0 Å². The molecular formula is C24H45NO5SSi2. The van der Waals surface area contributed by atoms with E-state index in [1.54, 1.807) is 6.08 Å². The molecule has 0 saturated carbocycles. The number of ether oxygens (including phenoxy) is 3. The number of hydrogen-bond acceptors (Lipinski definition) is 7. The van der Waals surface area contributed by atoms with Gasteiger partial charge >= 0.3 is 0 Å². The molecule has 0 bridgehead atoms. The Morgan fingerprint density at radius 3 is 2.03 bits per heavy atom. The number of rotatable bonds is 8. The van der Waals surface area contributed by atoms with E-state index in [1.807, 2.05) is 13.8 Å². The highest BCUT2D eigenvalue weighted by atomic mass is 32.1. The zero-order chi connectivity index (χ0) is 25.7. The summed E-state index contributed by atoms with van der Waals surface area (Å²) >= 11 is 5.07. The van der Waals surface area contributed by atoms with Crippen LogP contribution in [0, 0.1) is 0 Å². The zero-order valence-electron chi connectivity index (χ0n) is 22.7. The minimum atomic E-state index is -2.19. The van der Waals surface area contributed by atoms with Crippen molar-refractivity contribution in [2.75, 3.05) is 6.61 Å². The fourth-order valence-corrected chi connectivity index (χ4v) is 6.01. The molecule has 0 aromatic heterocycles. The van der Waals surface area contributed by atoms with E-state index in [0.29, 0.717) is 0 Å². The number of aliphatic imine (C=N–C) groups is 1. The molecule has 6 nitrogen and oxygen atoms in total. The van der Waals surface area contributed by atoms with Crippen LogP contribution in [-0.2, 0) is 23.1 Å². The van der Waals surface area contributed by atoms with Gasteiger partial charge < -0.3 is 23.1 Å². The SMILES string of the molecule is C=C[C@@](CO[Si](C)(C)C(C)(C)C)(N=C=S)[C@H]1O[C@@H]2OC(C)(C)O[C@@H]2[C@H]1O[Si](C)(C)C(C)(C)C. The first-order valence-electron chi connectivity index (χ1n) is 11.8. The summed E-state index contributed by atoms with van der Waals surface area (Å²) in [6, 6.07) is 0. The van der Waals surface area contributed by atoms with E-state index in [4.69, 9.17) is 35.3 Å². The lowest BCUT2D eigenvalue weighted by molar-refractivity contribution is -0.220. The third-order valence-electron chi connectivity index (χ3n) is 7.80. The quantitative estimate of drug-likeness (QED) is 0.164. The van der Waals surface area contributed by atoms with Crippen LogP contribution >= 0.6 is 12.2 Å². The van der Waals surface area contributed by atoms with Crippen LogP contribution < -0.4 is 0 Å². The molecule has 2 saturated heterocycles. The summed E-state index contributed by atoms with van der Waals surface area (Å²) in [5.74, 6) is -0.753. The smallest absolute Gasteiger partial charge is 0.192 e. The molecule has 0 aromatic carbocycles. The third-order valence-corrected chi connectivity index (χ3v) is 16.8. The molecule has 2 rings (SSSR count). The molecular weight excluding hydrogens is 471 g/mol. The van der Waals surface area contributed by atoms with Gasteiger partial charge in [-0.05, 0) is 62.3 Å². The summed E-state index contributed by atoms with van der Waals surface area (Å²) in [6.07, 6.45) is -0.127. The molecule has 2 aliphatic rings. The Labute approximate surface area is 208 Å². The Bertz CT molecular complexity index is 783. The van der Waals surface area contributed by atoms with E-state index >= 15 is 0 Å². The normalized spacial score (nSPS) is 29.8.